The number of hydrogen-bond acceptors (Lipinski definition) is 5. The van der Waals surface area contributed by atoms with Gasteiger partial charge in [-0.1, -0.05) is 30.3 Å². The first-order valence-corrected chi connectivity index (χ1v) is 11.8. The van der Waals surface area contributed by atoms with Crippen molar-refractivity contribution < 1.29 is 17.9 Å². The van der Waals surface area contributed by atoms with E-state index in [-0.39, 0.29) is 10.8 Å². The van der Waals surface area contributed by atoms with Gasteiger partial charge in [0, 0.05) is 24.8 Å². The Morgan fingerprint density at radius 1 is 1.16 bits per heavy atom. The van der Waals surface area contributed by atoms with E-state index in [1.54, 1.807) is 26.1 Å². The number of likely N-dealkylation sites (N-methyl/N-ethyl adjacent to an activating group) is 1. The highest BCUT2D eigenvalue weighted by Gasteiger charge is 2.24. The Morgan fingerprint density at radius 3 is 2.50 bits per heavy atom. The number of carbonyl (C=O) groups is 1. The first-order chi connectivity index (χ1) is 15.3. The maximum atomic E-state index is 12.6. The van der Waals surface area contributed by atoms with Crippen molar-refractivity contribution in [2.24, 2.45) is 0 Å². The number of nitrogens with zero attached hydrogens (tertiary/aromatic N) is 2. The van der Waals surface area contributed by atoms with Crippen LogP contribution in [-0.4, -0.2) is 56.2 Å². The Morgan fingerprint density at radius 2 is 1.84 bits per heavy atom. The predicted molar refractivity (Wildman–Crippen MR) is 123 cm³/mol. The molecular weight excluding hydrogens is 428 g/mol. The number of aromatic amines is 1. The van der Waals surface area contributed by atoms with Gasteiger partial charge in [-0.25, -0.2) is 8.42 Å². The summed E-state index contributed by atoms with van der Waals surface area (Å²) in [7, 11) is -0.640. The molecule has 0 aliphatic rings. The normalized spacial score (nSPS) is 12.3. The van der Waals surface area contributed by atoms with Crippen molar-refractivity contribution in [1.82, 2.24) is 19.8 Å². The van der Waals surface area contributed by atoms with E-state index in [1.807, 2.05) is 36.4 Å². The van der Waals surface area contributed by atoms with Gasteiger partial charge >= 0.3 is 0 Å². The fourth-order valence-corrected chi connectivity index (χ4v) is 4.50. The van der Waals surface area contributed by atoms with Crippen molar-refractivity contribution in [3.05, 3.63) is 66.4 Å². The molecule has 1 heterocycles. The van der Waals surface area contributed by atoms with Gasteiger partial charge in [0.1, 0.15) is 5.75 Å². The third-order valence-electron chi connectivity index (χ3n) is 5.09. The Hall–Kier alpha value is -3.17. The summed E-state index contributed by atoms with van der Waals surface area (Å²) < 4.78 is 32.6. The molecule has 2 N–H and O–H groups in total. The van der Waals surface area contributed by atoms with Crippen LogP contribution in [0.1, 0.15) is 19.0 Å². The van der Waals surface area contributed by atoms with Gasteiger partial charge < -0.3 is 9.64 Å². The summed E-state index contributed by atoms with van der Waals surface area (Å²) in [6.45, 7) is 2.04. The third-order valence-corrected chi connectivity index (χ3v) is 6.65. The minimum Gasteiger partial charge on any atom is -0.497 e. The quantitative estimate of drug-likeness (QED) is 0.488. The van der Waals surface area contributed by atoms with E-state index >= 15 is 0 Å². The monoisotopic (exact) mass is 456 g/mol. The van der Waals surface area contributed by atoms with Crippen LogP contribution in [0.3, 0.4) is 0 Å². The van der Waals surface area contributed by atoms with Crippen LogP contribution in [0.15, 0.2) is 65.6 Å². The summed E-state index contributed by atoms with van der Waals surface area (Å²) in [5.74, 6) is 0.262. The molecule has 2 aromatic carbocycles. The lowest BCUT2D eigenvalue weighted by atomic mass is 10.1. The maximum Gasteiger partial charge on any atom is 0.241 e. The zero-order chi connectivity index (χ0) is 23.1. The molecule has 32 heavy (non-hydrogen) atoms. The molecule has 0 aliphatic heterocycles. The number of H-pyrrole nitrogens is 1. The largest absolute Gasteiger partial charge is 0.497 e. The second kappa shape index (κ2) is 10.4. The highest BCUT2D eigenvalue weighted by Crippen LogP contribution is 2.18. The lowest BCUT2D eigenvalue weighted by molar-refractivity contribution is -0.131. The van der Waals surface area contributed by atoms with Gasteiger partial charge in [0.05, 0.1) is 23.7 Å². The number of aromatic nitrogens is 2. The lowest BCUT2D eigenvalue weighted by Crippen LogP contribution is -2.45. The number of carbonyl (C=O) groups excluding carboxylic acids is 1. The van der Waals surface area contributed by atoms with E-state index < -0.39 is 16.1 Å². The van der Waals surface area contributed by atoms with Crippen molar-refractivity contribution in [1.29, 1.82) is 0 Å². The molecule has 0 saturated heterocycles. The Bertz CT molecular complexity index is 1130. The molecule has 1 amide bonds. The topological polar surface area (TPSA) is 104 Å². The number of hydrogen-bond donors (Lipinski definition) is 2. The van der Waals surface area contributed by atoms with E-state index in [2.05, 4.69) is 14.9 Å². The van der Waals surface area contributed by atoms with Gasteiger partial charge in [0.25, 0.3) is 0 Å². The van der Waals surface area contributed by atoms with Crippen LogP contribution in [0, 0.1) is 0 Å². The lowest BCUT2D eigenvalue weighted by Gasteiger charge is -2.22. The molecule has 0 bridgehead atoms. The van der Waals surface area contributed by atoms with Gasteiger partial charge in [-0.3, -0.25) is 9.89 Å². The molecule has 0 radical (unpaired) electrons. The number of aryl methyl sites for hydroxylation is 1. The minimum absolute atomic E-state index is 0.0778. The van der Waals surface area contributed by atoms with Gasteiger partial charge in [-0.2, -0.15) is 9.82 Å². The van der Waals surface area contributed by atoms with Crippen molar-refractivity contribution >= 4 is 15.9 Å². The average molecular weight is 457 g/mol. The summed E-state index contributed by atoms with van der Waals surface area (Å²) in [6.07, 6.45) is 1.44. The molecule has 8 nitrogen and oxygen atoms in total. The minimum atomic E-state index is -3.82. The van der Waals surface area contributed by atoms with E-state index in [1.165, 1.54) is 24.1 Å². The van der Waals surface area contributed by atoms with Crippen molar-refractivity contribution in [2.45, 2.75) is 30.7 Å². The molecule has 3 rings (SSSR count). The Labute approximate surface area is 188 Å². The zero-order valence-corrected chi connectivity index (χ0v) is 19.2. The SMILES string of the molecule is COc1ccc(S(=O)(=O)N[C@@H](C)C(=O)N(C)CCCc2cc(-c3ccccc3)n[nH]2)cc1. The van der Waals surface area contributed by atoms with Gasteiger partial charge in [0.15, 0.2) is 0 Å². The molecule has 1 atom stereocenters. The summed E-state index contributed by atoms with van der Waals surface area (Å²) in [4.78, 5) is 14.3. The number of nitrogens with one attached hydrogen (secondary N) is 2. The first-order valence-electron chi connectivity index (χ1n) is 10.3. The molecule has 3 aromatic rings. The van der Waals surface area contributed by atoms with E-state index in [9.17, 15) is 13.2 Å². The zero-order valence-electron chi connectivity index (χ0n) is 18.4. The van der Waals surface area contributed by atoms with Gasteiger partial charge in [0.2, 0.25) is 15.9 Å². The molecule has 0 saturated carbocycles. The fraction of sp³-hybridized carbons (Fsp3) is 0.304. The second-order valence-corrected chi connectivity index (χ2v) is 9.24. The number of rotatable bonds is 10. The van der Waals surface area contributed by atoms with E-state index in [4.69, 9.17) is 4.74 Å². The Balaban J connectivity index is 1.50. The molecule has 0 aliphatic carbocycles. The molecule has 170 valence electrons. The average Bonchev–Trinajstić information content (AvgIpc) is 3.27. The van der Waals surface area contributed by atoms with Crippen molar-refractivity contribution in [3.63, 3.8) is 0 Å². The number of methoxy groups -OCH3 is 1. The van der Waals surface area contributed by atoms with Gasteiger partial charge in [-0.05, 0) is 50.1 Å². The van der Waals surface area contributed by atoms with Crippen LogP contribution in [-0.2, 0) is 21.2 Å². The second-order valence-electron chi connectivity index (χ2n) is 7.53. The van der Waals surface area contributed by atoms with Crippen LogP contribution in [0.2, 0.25) is 0 Å². The van der Waals surface area contributed by atoms with Crippen LogP contribution >= 0.6 is 0 Å². The molecule has 0 fully saturated rings. The van der Waals surface area contributed by atoms with E-state index in [0.717, 1.165) is 29.8 Å². The van der Waals surface area contributed by atoms with E-state index in [0.29, 0.717) is 12.3 Å². The number of benzene rings is 2. The van der Waals surface area contributed by atoms with Crippen LogP contribution < -0.4 is 9.46 Å². The Kier molecular flexibility index (Phi) is 7.66. The first kappa shape index (κ1) is 23.5. The maximum absolute atomic E-state index is 12.6. The number of sulfonamides is 1. The molecule has 0 spiro atoms. The molecular formula is C23H28N4O4S. The summed E-state index contributed by atoms with van der Waals surface area (Å²) in [5.41, 5.74) is 2.91. The van der Waals surface area contributed by atoms with Crippen molar-refractivity contribution in [3.8, 4) is 17.0 Å². The summed E-state index contributed by atoms with van der Waals surface area (Å²) >= 11 is 0. The summed E-state index contributed by atoms with van der Waals surface area (Å²) in [6, 6.07) is 17.0. The van der Waals surface area contributed by atoms with Gasteiger partial charge in [-0.15, -0.1) is 0 Å². The third kappa shape index (κ3) is 5.95. The van der Waals surface area contributed by atoms with Crippen molar-refractivity contribution in [2.75, 3.05) is 20.7 Å². The fourth-order valence-electron chi connectivity index (χ4n) is 3.30. The molecule has 9 heteroatoms. The predicted octanol–water partition coefficient (Wildman–Crippen LogP) is 2.84. The number of amides is 1. The highest BCUT2D eigenvalue weighted by molar-refractivity contribution is 7.89. The van der Waals surface area contributed by atoms with Crippen LogP contribution in [0.4, 0.5) is 0 Å². The van der Waals surface area contributed by atoms with Crippen LogP contribution in [0.5, 0.6) is 5.75 Å². The molecule has 0 unspecified atom stereocenters. The number of ether oxygens (including phenoxy) is 1. The smallest absolute Gasteiger partial charge is 0.241 e. The summed E-state index contributed by atoms with van der Waals surface area (Å²) in [5, 5.41) is 7.37. The molecule has 1 aromatic heterocycles. The highest BCUT2D eigenvalue weighted by atomic mass is 32.2. The standard InChI is InChI=1S/C23H28N4O4S/c1-17(26-32(29,30)21-13-11-20(31-3)12-14-21)23(28)27(2)15-7-10-19-16-22(25-24-19)18-8-5-4-6-9-18/h4-6,8-9,11-14,16-17,26H,7,10,15H2,1-3H3,(H,24,25)/t17-/m0/s1. The van der Waals surface area contributed by atoms with Crippen LogP contribution in [0.25, 0.3) is 11.3 Å².